The first-order valence-corrected chi connectivity index (χ1v) is 5.96. The largest absolute Gasteiger partial charge is 0.396 e. The van der Waals surface area contributed by atoms with E-state index in [1.165, 1.54) is 38.5 Å². The van der Waals surface area contributed by atoms with Crippen molar-refractivity contribution in [3.8, 4) is 0 Å². The maximum Gasteiger partial charge on any atom is 0.0436 e. The van der Waals surface area contributed by atoms with Crippen molar-refractivity contribution in [3.05, 3.63) is 0 Å². The number of aliphatic hydroxyl groups excluding tert-OH is 2. The van der Waals surface area contributed by atoms with E-state index in [0.717, 1.165) is 12.8 Å². The quantitative estimate of drug-likeness (QED) is 0.726. The lowest BCUT2D eigenvalue weighted by Gasteiger charge is -2.53. The molecule has 2 N–H and O–H groups in total. The van der Waals surface area contributed by atoms with Gasteiger partial charge in [-0.25, -0.2) is 0 Å². The molecule has 0 aromatic rings. The summed E-state index contributed by atoms with van der Waals surface area (Å²) in [5, 5.41) is 18.1. The van der Waals surface area contributed by atoms with Crippen LogP contribution in [0.25, 0.3) is 0 Å². The zero-order valence-electron chi connectivity index (χ0n) is 8.97. The predicted molar refractivity (Wildman–Crippen MR) is 56.0 cm³/mol. The smallest absolute Gasteiger partial charge is 0.0436 e. The molecule has 0 aromatic heterocycles. The molecule has 3 aliphatic rings. The minimum absolute atomic E-state index is 0.354. The van der Waals surface area contributed by atoms with Crippen LogP contribution in [0.4, 0.5) is 0 Å². The van der Waals surface area contributed by atoms with Gasteiger partial charge in [-0.1, -0.05) is 0 Å². The fraction of sp³-hybridized carbons (Fsp3) is 1.00. The Morgan fingerprint density at radius 2 is 0.929 bits per heavy atom. The average molecular weight is 198 g/mol. The lowest BCUT2D eigenvalue weighted by molar-refractivity contribution is -0.0346. The van der Waals surface area contributed by atoms with Crippen molar-refractivity contribution in [1.82, 2.24) is 0 Å². The molecule has 2 bridgehead atoms. The molecule has 0 atom stereocenters. The molecular formula is C12H22O2. The Balaban J connectivity index is 1.98. The Morgan fingerprint density at radius 1 is 0.643 bits per heavy atom. The molecule has 0 radical (unpaired) electrons. The fourth-order valence-corrected chi connectivity index (χ4v) is 3.57. The molecule has 0 aromatic carbocycles. The Bertz CT molecular complexity index is 154. The minimum Gasteiger partial charge on any atom is -0.396 e. The summed E-state index contributed by atoms with van der Waals surface area (Å²) in [6.45, 7) is 0.708. The maximum absolute atomic E-state index is 9.06. The molecule has 3 rings (SSSR count). The van der Waals surface area contributed by atoms with Gasteiger partial charge in [-0.05, 0) is 62.2 Å². The third-order valence-electron chi connectivity index (χ3n) is 4.84. The van der Waals surface area contributed by atoms with Gasteiger partial charge in [0.05, 0.1) is 0 Å². The first kappa shape index (κ1) is 10.4. The van der Waals surface area contributed by atoms with Gasteiger partial charge in [0, 0.05) is 13.2 Å². The second kappa shape index (κ2) is 3.82. The van der Waals surface area contributed by atoms with Gasteiger partial charge < -0.3 is 10.2 Å². The van der Waals surface area contributed by atoms with Gasteiger partial charge in [0.2, 0.25) is 0 Å². The van der Waals surface area contributed by atoms with Crippen LogP contribution in [0.3, 0.4) is 0 Å². The molecule has 2 heteroatoms. The Hall–Kier alpha value is -0.0800. The van der Waals surface area contributed by atoms with Crippen molar-refractivity contribution in [3.63, 3.8) is 0 Å². The van der Waals surface area contributed by atoms with Crippen molar-refractivity contribution in [1.29, 1.82) is 0 Å². The molecule has 0 spiro atoms. The Morgan fingerprint density at radius 3 is 1.14 bits per heavy atom. The fourth-order valence-electron chi connectivity index (χ4n) is 3.57. The van der Waals surface area contributed by atoms with Crippen LogP contribution in [0.5, 0.6) is 0 Å². The highest BCUT2D eigenvalue weighted by atomic mass is 16.3. The minimum atomic E-state index is 0.354. The van der Waals surface area contributed by atoms with Gasteiger partial charge in [-0.15, -0.1) is 0 Å². The van der Waals surface area contributed by atoms with E-state index in [2.05, 4.69) is 0 Å². The van der Waals surface area contributed by atoms with Gasteiger partial charge in [-0.3, -0.25) is 0 Å². The number of hydrogen-bond donors (Lipinski definition) is 2. The van der Waals surface area contributed by atoms with Crippen LogP contribution in [0.2, 0.25) is 0 Å². The number of rotatable bonds is 4. The van der Waals surface area contributed by atoms with E-state index >= 15 is 0 Å². The second-order valence-electron chi connectivity index (χ2n) is 5.45. The molecule has 3 fully saturated rings. The molecule has 3 saturated carbocycles. The van der Waals surface area contributed by atoms with Gasteiger partial charge in [0.25, 0.3) is 0 Å². The van der Waals surface area contributed by atoms with Crippen LogP contribution in [0, 0.1) is 10.8 Å². The van der Waals surface area contributed by atoms with E-state index in [1.54, 1.807) is 0 Å². The summed E-state index contributed by atoms with van der Waals surface area (Å²) in [7, 11) is 0. The van der Waals surface area contributed by atoms with Crippen molar-refractivity contribution >= 4 is 0 Å². The Labute approximate surface area is 86.3 Å². The monoisotopic (exact) mass is 198 g/mol. The van der Waals surface area contributed by atoms with Crippen molar-refractivity contribution in [2.24, 2.45) is 10.8 Å². The SMILES string of the molecule is OCCC12CCC(CCO)(CC1)CC2. The van der Waals surface area contributed by atoms with Crippen LogP contribution in [-0.4, -0.2) is 23.4 Å². The molecule has 0 amide bonds. The average Bonchev–Trinajstić information content (AvgIpc) is 2.22. The zero-order valence-corrected chi connectivity index (χ0v) is 8.97. The highest BCUT2D eigenvalue weighted by Crippen LogP contribution is 2.59. The van der Waals surface area contributed by atoms with E-state index in [4.69, 9.17) is 10.2 Å². The molecule has 0 unspecified atom stereocenters. The van der Waals surface area contributed by atoms with Gasteiger partial charge in [-0.2, -0.15) is 0 Å². The van der Waals surface area contributed by atoms with E-state index in [-0.39, 0.29) is 0 Å². The molecule has 82 valence electrons. The lowest BCUT2D eigenvalue weighted by Crippen LogP contribution is -2.42. The molecule has 14 heavy (non-hydrogen) atoms. The number of hydrogen-bond acceptors (Lipinski definition) is 2. The summed E-state index contributed by atoms with van der Waals surface area (Å²) in [6, 6.07) is 0. The third kappa shape index (κ3) is 1.70. The van der Waals surface area contributed by atoms with Crippen LogP contribution >= 0.6 is 0 Å². The summed E-state index contributed by atoms with van der Waals surface area (Å²) in [4.78, 5) is 0. The van der Waals surface area contributed by atoms with E-state index < -0.39 is 0 Å². The van der Waals surface area contributed by atoms with Crippen molar-refractivity contribution < 1.29 is 10.2 Å². The normalized spacial score (nSPS) is 41.6. The van der Waals surface area contributed by atoms with Crippen LogP contribution in [0.1, 0.15) is 51.4 Å². The highest BCUT2D eigenvalue weighted by molar-refractivity contribution is 4.98. The molecule has 2 nitrogen and oxygen atoms in total. The molecule has 3 aliphatic carbocycles. The molecular weight excluding hydrogens is 176 g/mol. The summed E-state index contributed by atoms with van der Waals surface area (Å²) < 4.78 is 0. The molecule has 0 aliphatic heterocycles. The molecule has 0 saturated heterocycles. The summed E-state index contributed by atoms with van der Waals surface area (Å²) >= 11 is 0. The van der Waals surface area contributed by atoms with Crippen LogP contribution in [-0.2, 0) is 0 Å². The summed E-state index contributed by atoms with van der Waals surface area (Å²) in [5.41, 5.74) is 0.956. The first-order valence-electron chi connectivity index (χ1n) is 5.96. The Kier molecular flexibility index (Phi) is 2.85. The van der Waals surface area contributed by atoms with Gasteiger partial charge in [0.15, 0.2) is 0 Å². The number of aliphatic hydroxyl groups is 2. The van der Waals surface area contributed by atoms with E-state index in [9.17, 15) is 0 Å². The summed E-state index contributed by atoms with van der Waals surface area (Å²) in [5.74, 6) is 0. The van der Waals surface area contributed by atoms with Gasteiger partial charge >= 0.3 is 0 Å². The summed E-state index contributed by atoms with van der Waals surface area (Å²) in [6.07, 6.45) is 9.72. The molecule has 0 heterocycles. The van der Waals surface area contributed by atoms with E-state index in [0.29, 0.717) is 24.0 Å². The number of fused-ring (bicyclic) bond motifs is 3. The first-order chi connectivity index (χ1) is 6.74. The van der Waals surface area contributed by atoms with E-state index in [1.807, 2.05) is 0 Å². The highest BCUT2D eigenvalue weighted by Gasteiger charge is 2.47. The second-order valence-corrected chi connectivity index (χ2v) is 5.45. The van der Waals surface area contributed by atoms with Crippen molar-refractivity contribution in [2.75, 3.05) is 13.2 Å². The predicted octanol–water partition coefficient (Wildman–Crippen LogP) is 2.09. The zero-order chi connectivity index (χ0) is 10.1. The van der Waals surface area contributed by atoms with Crippen LogP contribution in [0.15, 0.2) is 0 Å². The van der Waals surface area contributed by atoms with Crippen molar-refractivity contribution in [2.45, 2.75) is 51.4 Å². The van der Waals surface area contributed by atoms with Gasteiger partial charge in [0.1, 0.15) is 0 Å². The topological polar surface area (TPSA) is 40.5 Å². The van der Waals surface area contributed by atoms with Crippen LogP contribution < -0.4 is 0 Å². The third-order valence-corrected chi connectivity index (χ3v) is 4.84. The maximum atomic E-state index is 9.06. The lowest BCUT2D eigenvalue weighted by atomic mass is 9.52. The standard InChI is InChI=1S/C12H22O2/c13-9-7-11-1-2-12(5-3-11,6-4-11)8-10-14/h13-14H,1-10H2.